The Morgan fingerprint density at radius 2 is 1.17 bits per heavy atom. The van der Waals surface area contributed by atoms with Gasteiger partial charge in [0.25, 0.3) is 0 Å². The SMILES string of the molecule is CCOC(OCC)[Si]1(C)O[Si](C)(C)O[Si](C)(C)O1. The van der Waals surface area contributed by atoms with Crippen molar-refractivity contribution in [3.05, 3.63) is 0 Å². The van der Waals surface area contributed by atoms with E-state index < -0.39 is 25.7 Å². The van der Waals surface area contributed by atoms with Gasteiger partial charge in [-0.3, -0.25) is 0 Å². The van der Waals surface area contributed by atoms with Gasteiger partial charge in [-0.2, -0.15) is 0 Å². The van der Waals surface area contributed by atoms with Crippen LogP contribution in [0.25, 0.3) is 0 Å². The van der Waals surface area contributed by atoms with Gasteiger partial charge in [0.2, 0.25) is 0 Å². The van der Waals surface area contributed by atoms with Crippen LogP contribution in [0.4, 0.5) is 0 Å². The van der Waals surface area contributed by atoms with Gasteiger partial charge in [0.05, 0.1) is 0 Å². The number of hydrogen-bond donors (Lipinski definition) is 0. The summed E-state index contributed by atoms with van der Waals surface area (Å²) < 4.78 is 29.8. The van der Waals surface area contributed by atoms with Crippen molar-refractivity contribution in [3.63, 3.8) is 0 Å². The molecule has 0 bridgehead atoms. The third-order valence-electron chi connectivity index (χ3n) is 2.45. The van der Waals surface area contributed by atoms with E-state index in [0.717, 1.165) is 0 Å². The fourth-order valence-corrected chi connectivity index (χ4v) is 18.3. The van der Waals surface area contributed by atoms with Gasteiger partial charge in [0.1, 0.15) is 0 Å². The maximum absolute atomic E-state index is 6.18. The molecule has 5 nitrogen and oxygen atoms in total. The molecule has 0 aromatic carbocycles. The molecule has 1 heterocycles. The van der Waals surface area contributed by atoms with Crippen LogP contribution in [0.3, 0.4) is 0 Å². The van der Waals surface area contributed by atoms with Crippen LogP contribution in [0.2, 0.25) is 32.7 Å². The minimum atomic E-state index is -2.52. The molecule has 0 spiro atoms. The average Bonchev–Trinajstić information content (AvgIpc) is 2.11. The van der Waals surface area contributed by atoms with Gasteiger partial charge in [-0.05, 0) is 46.6 Å². The first-order chi connectivity index (χ1) is 8.14. The lowest BCUT2D eigenvalue weighted by Gasteiger charge is -2.49. The smallest absolute Gasteiger partial charge is 0.375 e. The van der Waals surface area contributed by atoms with Crippen LogP contribution in [-0.4, -0.2) is 44.8 Å². The molecule has 108 valence electrons. The van der Waals surface area contributed by atoms with Crippen molar-refractivity contribution in [2.75, 3.05) is 13.2 Å². The molecule has 0 saturated carbocycles. The van der Waals surface area contributed by atoms with Crippen LogP contribution in [0.15, 0.2) is 0 Å². The lowest BCUT2D eigenvalue weighted by Crippen LogP contribution is -2.70. The monoisotopic (exact) mass is 310 g/mol. The second-order valence-corrected chi connectivity index (χ2v) is 15.9. The van der Waals surface area contributed by atoms with Gasteiger partial charge in [-0.15, -0.1) is 0 Å². The highest BCUT2D eigenvalue weighted by atomic mass is 28.5. The highest BCUT2D eigenvalue weighted by Crippen LogP contribution is 2.33. The number of rotatable bonds is 5. The summed E-state index contributed by atoms with van der Waals surface area (Å²) in [5.41, 5.74) is 0. The second kappa shape index (κ2) is 5.83. The molecule has 1 fully saturated rings. The van der Waals surface area contributed by atoms with Crippen molar-refractivity contribution in [2.45, 2.75) is 52.5 Å². The largest absolute Gasteiger partial charge is 0.416 e. The zero-order valence-electron chi connectivity index (χ0n) is 12.5. The second-order valence-electron chi connectivity index (χ2n) is 5.36. The molecule has 1 aliphatic rings. The Morgan fingerprint density at radius 1 is 0.778 bits per heavy atom. The first-order valence-corrected chi connectivity index (χ1v) is 14.5. The van der Waals surface area contributed by atoms with Crippen LogP contribution in [0.1, 0.15) is 13.8 Å². The molecule has 18 heavy (non-hydrogen) atoms. The zero-order chi connectivity index (χ0) is 14.0. The Balaban J connectivity index is 2.93. The molecule has 0 unspecified atom stereocenters. The summed E-state index contributed by atoms with van der Waals surface area (Å²) >= 11 is 0. The summed E-state index contributed by atoms with van der Waals surface area (Å²) in [7, 11) is -6.81. The normalized spacial score (nSPS) is 25.3. The summed E-state index contributed by atoms with van der Waals surface area (Å²) in [5.74, 6) is -0.380. The Morgan fingerprint density at radius 3 is 1.50 bits per heavy atom. The quantitative estimate of drug-likeness (QED) is 0.576. The average molecular weight is 311 g/mol. The molecule has 1 saturated heterocycles. The Labute approximate surface area is 113 Å². The summed E-state index contributed by atoms with van der Waals surface area (Å²) in [6.45, 7) is 15.3. The summed E-state index contributed by atoms with van der Waals surface area (Å²) in [6.07, 6.45) is 0. The lowest BCUT2D eigenvalue weighted by molar-refractivity contribution is -0.107. The Kier molecular flexibility index (Phi) is 5.35. The molecule has 0 atom stereocenters. The summed E-state index contributed by atoms with van der Waals surface area (Å²) in [4.78, 5) is 0. The fraction of sp³-hybridized carbons (Fsp3) is 1.00. The van der Waals surface area contributed by atoms with Crippen LogP contribution in [0.5, 0.6) is 0 Å². The van der Waals surface area contributed by atoms with E-state index in [-0.39, 0.29) is 5.91 Å². The predicted molar refractivity (Wildman–Crippen MR) is 76.9 cm³/mol. The van der Waals surface area contributed by atoms with E-state index in [2.05, 4.69) is 26.2 Å². The maximum Gasteiger partial charge on any atom is 0.375 e. The van der Waals surface area contributed by atoms with Crippen molar-refractivity contribution < 1.29 is 21.8 Å². The molecule has 0 radical (unpaired) electrons. The van der Waals surface area contributed by atoms with E-state index in [9.17, 15) is 0 Å². The topological polar surface area (TPSA) is 46.2 Å². The van der Waals surface area contributed by atoms with E-state index >= 15 is 0 Å². The molecule has 0 aromatic heterocycles. The van der Waals surface area contributed by atoms with Gasteiger partial charge >= 0.3 is 25.7 Å². The highest BCUT2D eigenvalue weighted by molar-refractivity contribution is 6.93. The minimum Gasteiger partial charge on any atom is -0.416 e. The van der Waals surface area contributed by atoms with Gasteiger partial charge in [-0.25, -0.2) is 0 Å². The molecule has 0 amide bonds. The Bertz CT molecular complexity index is 263. The van der Waals surface area contributed by atoms with Crippen LogP contribution >= 0.6 is 0 Å². The van der Waals surface area contributed by atoms with Gasteiger partial charge in [-0.1, -0.05) is 0 Å². The molecule has 1 aliphatic heterocycles. The number of hydrogen-bond acceptors (Lipinski definition) is 5. The highest BCUT2D eigenvalue weighted by Gasteiger charge is 2.57. The van der Waals surface area contributed by atoms with E-state index in [0.29, 0.717) is 13.2 Å². The van der Waals surface area contributed by atoms with Gasteiger partial charge < -0.3 is 21.8 Å². The van der Waals surface area contributed by atoms with Crippen molar-refractivity contribution in [2.24, 2.45) is 0 Å². The molecule has 0 N–H and O–H groups in total. The summed E-state index contributed by atoms with van der Waals surface area (Å²) in [5, 5.41) is 0. The van der Waals surface area contributed by atoms with Crippen LogP contribution < -0.4 is 0 Å². The number of ether oxygens (including phenoxy) is 2. The van der Waals surface area contributed by atoms with Gasteiger partial charge in [0, 0.05) is 13.2 Å². The Hall–Kier alpha value is 0.451. The van der Waals surface area contributed by atoms with E-state index in [4.69, 9.17) is 21.8 Å². The first kappa shape index (κ1) is 16.5. The third-order valence-corrected chi connectivity index (χ3v) is 14.8. The molecule has 1 rings (SSSR count). The standard InChI is InChI=1S/C10H26O5Si3/c1-8-11-10(12-9-2)18(7)14-16(3,4)13-17(5,6)15-18/h10H,8-9H2,1-7H3. The molecular formula is C10H26O5Si3. The van der Waals surface area contributed by atoms with Crippen LogP contribution in [0, 0.1) is 0 Å². The molecule has 8 heteroatoms. The van der Waals surface area contributed by atoms with Crippen molar-refractivity contribution in [3.8, 4) is 0 Å². The zero-order valence-corrected chi connectivity index (χ0v) is 15.5. The predicted octanol–water partition coefficient (Wildman–Crippen LogP) is 2.46. The fourth-order valence-electron chi connectivity index (χ4n) is 2.38. The minimum absolute atomic E-state index is 0.380. The van der Waals surface area contributed by atoms with Crippen molar-refractivity contribution >= 4 is 25.7 Å². The van der Waals surface area contributed by atoms with Crippen molar-refractivity contribution in [1.82, 2.24) is 0 Å². The van der Waals surface area contributed by atoms with E-state index in [1.807, 2.05) is 20.4 Å². The lowest BCUT2D eigenvalue weighted by atomic mass is 10.8. The molecule has 0 aliphatic carbocycles. The molecular weight excluding hydrogens is 284 g/mol. The molecule has 0 aromatic rings. The summed E-state index contributed by atoms with van der Waals surface area (Å²) in [6, 6.07) is 0. The van der Waals surface area contributed by atoms with E-state index in [1.54, 1.807) is 0 Å². The van der Waals surface area contributed by atoms with Crippen molar-refractivity contribution in [1.29, 1.82) is 0 Å². The van der Waals surface area contributed by atoms with Crippen LogP contribution in [-0.2, 0) is 21.8 Å². The van der Waals surface area contributed by atoms with Gasteiger partial charge in [0.15, 0.2) is 5.91 Å². The maximum atomic E-state index is 6.18. The first-order valence-electron chi connectivity index (χ1n) is 6.48. The van der Waals surface area contributed by atoms with E-state index in [1.165, 1.54) is 0 Å². The third kappa shape index (κ3) is 4.24.